The summed E-state index contributed by atoms with van der Waals surface area (Å²) in [5.41, 5.74) is 14.0. The van der Waals surface area contributed by atoms with Crippen LogP contribution in [-0.2, 0) is 16.4 Å². The Balaban J connectivity index is 1.11. The Morgan fingerprint density at radius 3 is 2.05 bits per heavy atom. The zero-order valence-corrected chi connectivity index (χ0v) is 26.2. The van der Waals surface area contributed by atoms with Gasteiger partial charge < -0.3 is 5.32 Å². The highest BCUT2D eigenvalue weighted by Gasteiger charge is 2.46. The first-order valence-corrected chi connectivity index (χ1v) is 16.4. The highest BCUT2D eigenvalue weighted by molar-refractivity contribution is 6.03. The summed E-state index contributed by atoms with van der Waals surface area (Å²) in [5.74, 6) is 0. The molecule has 6 aromatic rings. The lowest BCUT2D eigenvalue weighted by molar-refractivity contribution is 0.549. The molecule has 0 unspecified atom stereocenters. The number of hydrogen-bond donors (Lipinski definition) is 1. The van der Waals surface area contributed by atoms with Gasteiger partial charge in [0, 0.05) is 16.5 Å². The number of benzene rings is 6. The van der Waals surface area contributed by atoms with Gasteiger partial charge in [-0.3, -0.25) is 0 Å². The van der Waals surface area contributed by atoms with Gasteiger partial charge in [0.15, 0.2) is 0 Å². The molecule has 0 radical (unpaired) electrons. The number of fused-ring (bicyclic) bond motifs is 11. The summed E-state index contributed by atoms with van der Waals surface area (Å²) in [6.45, 7) is 9.44. The van der Waals surface area contributed by atoms with Crippen LogP contribution in [0.2, 0.25) is 0 Å². The van der Waals surface area contributed by atoms with Crippen molar-refractivity contribution in [2.24, 2.45) is 0 Å². The van der Waals surface area contributed by atoms with E-state index in [4.69, 9.17) is 0 Å². The monoisotopic (exact) mass is 569 g/mol. The van der Waals surface area contributed by atoms with Crippen LogP contribution in [0.15, 0.2) is 109 Å². The average Bonchev–Trinajstić information content (AvgIpc) is 3.69. The maximum absolute atomic E-state index is 4.00. The smallest absolute Gasteiger partial charge is 0.0569 e. The standard InChI is InChI=1S/C43H39N/c1-41(2)37-24-29-13-6-5-12-28(29)23-35(37)33-18-16-30(25-38(33)41)42(3,4)44-31-17-19-34-39(26-31)43(21-9-10-22-43)36-20-15-27-11-7-8-14-32(27)40(34)36/h5-8,11-20,23-26,44H,9-10,21-22H2,1-4H3. The minimum Gasteiger partial charge on any atom is -0.376 e. The summed E-state index contributed by atoms with van der Waals surface area (Å²) < 4.78 is 0. The van der Waals surface area contributed by atoms with E-state index in [-0.39, 0.29) is 16.4 Å². The summed E-state index contributed by atoms with van der Waals surface area (Å²) in [6.07, 6.45) is 5.09. The number of hydrogen-bond acceptors (Lipinski definition) is 1. The second-order valence-electron chi connectivity index (χ2n) is 14.6. The van der Waals surface area contributed by atoms with Crippen LogP contribution < -0.4 is 5.32 Å². The summed E-state index contributed by atoms with van der Waals surface area (Å²) in [5, 5.41) is 9.37. The zero-order valence-electron chi connectivity index (χ0n) is 26.2. The summed E-state index contributed by atoms with van der Waals surface area (Å²) in [6, 6.07) is 41.7. The molecule has 216 valence electrons. The summed E-state index contributed by atoms with van der Waals surface area (Å²) >= 11 is 0. The molecular formula is C43H39N. The first-order chi connectivity index (χ1) is 21.3. The minimum absolute atomic E-state index is 0.0439. The van der Waals surface area contributed by atoms with Gasteiger partial charge in [-0.05, 0) is 123 Å². The third kappa shape index (κ3) is 3.47. The highest BCUT2D eigenvalue weighted by atomic mass is 15.0. The van der Waals surface area contributed by atoms with E-state index < -0.39 is 0 Å². The van der Waals surface area contributed by atoms with E-state index in [0.29, 0.717) is 0 Å². The Kier molecular flexibility index (Phi) is 5.25. The van der Waals surface area contributed by atoms with E-state index in [9.17, 15) is 0 Å². The van der Waals surface area contributed by atoms with Crippen molar-refractivity contribution in [2.75, 3.05) is 5.32 Å². The molecule has 9 rings (SSSR count). The van der Waals surface area contributed by atoms with Crippen molar-refractivity contribution < 1.29 is 0 Å². The van der Waals surface area contributed by atoms with Crippen molar-refractivity contribution >= 4 is 27.2 Å². The zero-order chi connectivity index (χ0) is 29.8. The van der Waals surface area contributed by atoms with Gasteiger partial charge >= 0.3 is 0 Å². The molecule has 0 bridgehead atoms. The third-order valence-corrected chi connectivity index (χ3v) is 11.4. The fourth-order valence-corrected chi connectivity index (χ4v) is 9.10. The largest absolute Gasteiger partial charge is 0.376 e. The van der Waals surface area contributed by atoms with E-state index in [1.54, 1.807) is 5.56 Å². The van der Waals surface area contributed by atoms with Crippen molar-refractivity contribution in [3.63, 3.8) is 0 Å². The van der Waals surface area contributed by atoms with Crippen LogP contribution in [0.1, 0.15) is 81.2 Å². The van der Waals surface area contributed by atoms with Crippen LogP contribution in [0.5, 0.6) is 0 Å². The molecule has 3 aliphatic carbocycles. The molecule has 0 aromatic heterocycles. The SMILES string of the molecule is CC(C)(Nc1ccc2c(c1)C1(CCCC1)c1ccc3ccccc3c1-2)c1ccc2c(c1)C(C)(C)c1cc3ccccc3cc1-2. The first kappa shape index (κ1) is 26.1. The maximum atomic E-state index is 4.00. The van der Waals surface area contributed by atoms with Crippen molar-refractivity contribution in [3.05, 3.63) is 137 Å². The molecule has 1 saturated carbocycles. The molecular weight excluding hydrogens is 530 g/mol. The lowest BCUT2D eigenvalue weighted by atomic mass is 9.76. The van der Waals surface area contributed by atoms with Crippen LogP contribution >= 0.6 is 0 Å². The normalized spacial score (nSPS) is 17.1. The fourth-order valence-electron chi connectivity index (χ4n) is 9.10. The van der Waals surface area contributed by atoms with E-state index in [2.05, 4.69) is 142 Å². The Hall–Kier alpha value is -4.36. The maximum Gasteiger partial charge on any atom is 0.0569 e. The van der Waals surface area contributed by atoms with Crippen molar-refractivity contribution in [1.82, 2.24) is 0 Å². The Morgan fingerprint density at radius 1 is 0.568 bits per heavy atom. The Morgan fingerprint density at radius 2 is 1.25 bits per heavy atom. The van der Waals surface area contributed by atoms with Crippen LogP contribution in [0.4, 0.5) is 5.69 Å². The molecule has 0 atom stereocenters. The van der Waals surface area contributed by atoms with Gasteiger partial charge in [-0.2, -0.15) is 0 Å². The van der Waals surface area contributed by atoms with Gasteiger partial charge in [0.05, 0.1) is 5.54 Å². The Labute approximate surface area is 261 Å². The van der Waals surface area contributed by atoms with Gasteiger partial charge in [0.1, 0.15) is 0 Å². The van der Waals surface area contributed by atoms with E-state index in [1.807, 2.05) is 0 Å². The van der Waals surface area contributed by atoms with Crippen molar-refractivity contribution in [2.45, 2.75) is 69.7 Å². The molecule has 44 heavy (non-hydrogen) atoms. The molecule has 3 aliphatic rings. The van der Waals surface area contributed by atoms with E-state index in [0.717, 1.165) is 0 Å². The van der Waals surface area contributed by atoms with E-state index in [1.165, 1.54) is 97.4 Å². The predicted octanol–water partition coefficient (Wildman–Crippen LogP) is 11.5. The lowest BCUT2D eigenvalue weighted by Crippen LogP contribution is -2.29. The predicted molar refractivity (Wildman–Crippen MR) is 187 cm³/mol. The van der Waals surface area contributed by atoms with Crippen LogP contribution in [-0.4, -0.2) is 0 Å². The average molecular weight is 570 g/mol. The van der Waals surface area contributed by atoms with Gasteiger partial charge in [0.2, 0.25) is 0 Å². The summed E-state index contributed by atoms with van der Waals surface area (Å²) in [4.78, 5) is 0. The molecule has 1 heteroatoms. The van der Waals surface area contributed by atoms with Gasteiger partial charge in [-0.15, -0.1) is 0 Å². The molecule has 0 aliphatic heterocycles. The van der Waals surface area contributed by atoms with Crippen LogP contribution in [0, 0.1) is 0 Å². The van der Waals surface area contributed by atoms with Crippen molar-refractivity contribution in [1.29, 1.82) is 0 Å². The first-order valence-electron chi connectivity index (χ1n) is 16.4. The van der Waals surface area contributed by atoms with Gasteiger partial charge in [-0.25, -0.2) is 0 Å². The molecule has 6 aromatic carbocycles. The van der Waals surface area contributed by atoms with Crippen LogP contribution in [0.3, 0.4) is 0 Å². The van der Waals surface area contributed by atoms with Crippen LogP contribution in [0.25, 0.3) is 43.8 Å². The Bertz CT molecular complexity index is 2150. The second-order valence-corrected chi connectivity index (χ2v) is 14.6. The molecule has 1 nitrogen and oxygen atoms in total. The quantitative estimate of drug-likeness (QED) is 0.223. The number of nitrogens with one attached hydrogen (secondary N) is 1. The van der Waals surface area contributed by atoms with Gasteiger partial charge in [0.25, 0.3) is 0 Å². The molecule has 0 amide bonds. The number of anilines is 1. The number of rotatable bonds is 3. The molecule has 0 saturated heterocycles. The third-order valence-electron chi connectivity index (χ3n) is 11.4. The van der Waals surface area contributed by atoms with Crippen molar-refractivity contribution in [3.8, 4) is 22.3 Å². The molecule has 0 heterocycles. The minimum atomic E-state index is -0.236. The second kappa shape index (κ2) is 8.85. The molecule has 1 N–H and O–H groups in total. The lowest BCUT2D eigenvalue weighted by Gasteiger charge is -2.32. The highest BCUT2D eigenvalue weighted by Crippen LogP contribution is 2.59. The van der Waals surface area contributed by atoms with E-state index >= 15 is 0 Å². The molecule has 1 spiro atoms. The fraction of sp³-hybridized carbons (Fsp3) is 0.256. The topological polar surface area (TPSA) is 12.0 Å². The summed E-state index contributed by atoms with van der Waals surface area (Å²) in [7, 11) is 0. The molecule has 1 fully saturated rings. The van der Waals surface area contributed by atoms with Gasteiger partial charge in [-0.1, -0.05) is 112 Å².